The molecular weight excluding hydrogens is 194 g/mol. The maximum Gasteiger partial charge on any atom is 0.307 e. The SMILES string of the molecule is CN(C1CCCCC(=O)O1)[Si](C)(C)C. The first-order valence-electron chi connectivity index (χ1n) is 5.33. The highest BCUT2D eigenvalue weighted by atomic mass is 28.3. The molecule has 0 N–H and O–H groups in total. The van der Waals surface area contributed by atoms with Crippen molar-refractivity contribution in [2.45, 2.75) is 51.6 Å². The fraction of sp³-hybridized carbons (Fsp3) is 0.900. The molecule has 1 atom stereocenters. The zero-order valence-corrected chi connectivity index (χ0v) is 10.7. The van der Waals surface area contributed by atoms with Crippen LogP contribution in [-0.4, -0.2) is 32.0 Å². The molecule has 3 nitrogen and oxygen atoms in total. The second kappa shape index (κ2) is 4.44. The predicted molar refractivity (Wildman–Crippen MR) is 59.5 cm³/mol. The van der Waals surface area contributed by atoms with Crippen LogP contribution in [0, 0.1) is 0 Å². The van der Waals surface area contributed by atoms with E-state index in [9.17, 15) is 4.79 Å². The third-order valence-corrected chi connectivity index (χ3v) is 5.24. The van der Waals surface area contributed by atoms with E-state index in [1.54, 1.807) is 0 Å². The van der Waals surface area contributed by atoms with Crippen molar-refractivity contribution in [2.75, 3.05) is 7.05 Å². The minimum absolute atomic E-state index is 0.0247. The molecule has 1 unspecified atom stereocenters. The number of esters is 1. The van der Waals surface area contributed by atoms with Gasteiger partial charge in [0, 0.05) is 6.42 Å². The Morgan fingerprint density at radius 2 is 2.00 bits per heavy atom. The number of hydrogen-bond acceptors (Lipinski definition) is 3. The Balaban J connectivity index is 2.61. The quantitative estimate of drug-likeness (QED) is 0.522. The molecule has 1 heterocycles. The van der Waals surface area contributed by atoms with Gasteiger partial charge in [0.25, 0.3) is 0 Å². The van der Waals surface area contributed by atoms with E-state index in [2.05, 4.69) is 31.3 Å². The van der Waals surface area contributed by atoms with Crippen molar-refractivity contribution >= 4 is 14.2 Å². The fourth-order valence-corrected chi connectivity index (χ4v) is 2.61. The van der Waals surface area contributed by atoms with Crippen molar-refractivity contribution in [3.8, 4) is 0 Å². The van der Waals surface area contributed by atoms with E-state index in [1.165, 1.54) is 0 Å². The average molecular weight is 215 g/mol. The van der Waals surface area contributed by atoms with E-state index < -0.39 is 8.24 Å². The van der Waals surface area contributed by atoms with Gasteiger partial charge in [0.2, 0.25) is 0 Å². The lowest BCUT2D eigenvalue weighted by atomic mass is 10.2. The molecule has 1 aliphatic rings. The second-order valence-electron chi connectivity index (χ2n) is 4.97. The van der Waals surface area contributed by atoms with Crippen molar-refractivity contribution in [3.63, 3.8) is 0 Å². The van der Waals surface area contributed by atoms with Crippen molar-refractivity contribution in [3.05, 3.63) is 0 Å². The molecule has 4 heteroatoms. The molecule has 1 fully saturated rings. The van der Waals surface area contributed by atoms with E-state index in [0.29, 0.717) is 6.42 Å². The Labute approximate surface area is 87.5 Å². The van der Waals surface area contributed by atoms with Crippen LogP contribution in [0.5, 0.6) is 0 Å². The normalized spacial score (nSPS) is 24.6. The summed E-state index contributed by atoms with van der Waals surface area (Å²) in [6.45, 7) is 6.81. The van der Waals surface area contributed by atoms with Gasteiger partial charge in [-0.15, -0.1) is 0 Å². The molecule has 1 aliphatic heterocycles. The minimum atomic E-state index is -1.34. The van der Waals surface area contributed by atoms with Gasteiger partial charge in [-0.05, 0) is 26.3 Å². The lowest BCUT2D eigenvalue weighted by Gasteiger charge is -2.36. The number of carbonyl (C=O) groups excluding carboxylic acids is 1. The van der Waals surface area contributed by atoms with E-state index in [1.807, 2.05) is 0 Å². The van der Waals surface area contributed by atoms with Crippen LogP contribution >= 0.6 is 0 Å². The third kappa shape index (κ3) is 3.10. The molecule has 0 spiro atoms. The summed E-state index contributed by atoms with van der Waals surface area (Å²) in [7, 11) is 0.735. The van der Waals surface area contributed by atoms with Crippen LogP contribution in [0.2, 0.25) is 19.6 Å². The van der Waals surface area contributed by atoms with Gasteiger partial charge in [-0.1, -0.05) is 19.6 Å². The molecule has 0 aromatic carbocycles. The monoisotopic (exact) mass is 215 g/mol. The Morgan fingerprint density at radius 1 is 1.36 bits per heavy atom. The van der Waals surface area contributed by atoms with E-state index in [0.717, 1.165) is 19.3 Å². The Bertz CT molecular complexity index is 213. The van der Waals surface area contributed by atoms with Gasteiger partial charge >= 0.3 is 5.97 Å². The molecule has 1 rings (SSSR count). The number of hydrogen-bond donors (Lipinski definition) is 0. The van der Waals surface area contributed by atoms with Crippen molar-refractivity contribution in [1.29, 1.82) is 0 Å². The van der Waals surface area contributed by atoms with Crippen LogP contribution < -0.4 is 0 Å². The average Bonchev–Trinajstić information content (AvgIpc) is 2.26. The van der Waals surface area contributed by atoms with Crippen LogP contribution in [0.4, 0.5) is 0 Å². The van der Waals surface area contributed by atoms with Crippen molar-refractivity contribution < 1.29 is 9.53 Å². The molecular formula is C10H21NO2Si. The van der Waals surface area contributed by atoms with Gasteiger partial charge in [0.15, 0.2) is 0 Å². The number of rotatable bonds is 2. The van der Waals surface area contributed by atoms with Gasteiger partial charge in [0.05, 0.1) is 0 Å². The first-order chi connectivity index (χ1) is 6.41. The molecule has 0 aromatic rings. The van der Waals surface area contributed by atoms with Gasteiger partial charge < -0.3 is 4.74 Å². The van der Waals surface area contributed by atoms with Crippen LogP contribution in [0.1, 0.15) is 25.7 Å². The number of cyclic esters (lactones) is 1. The largest absolute Gasteiger partial charge is 0.447 e. The summed E-state index contributed by atoms with van der Waals surface area (Å²) in [5.41, 5.74) is 0. The highest BCUT2D eigenvalue weighted by Gasteiger charge is 2.30. The number of nitrogens with zero attached hydrogens (tertiary/aromatic N) is 1. The van der Waals surface area contributed by atoms with E-state index in [-0.39, 0.29) is 12.2 Å². The Hall–Kier alpha value is -0.353. The van der Waals surface area contributed by atoms with Crippen LogP contribution in [0.15, 0.2) is 0 Å². The number of ether oxygens (including phenoxy) is 1. The molecule has 0 radical (unpaired) electrons. The summed E-state index contributed by atoms with van der Waals surface area (Å²) >= 11 is 0. The maximum absolute atomic E-state index is 11.3. The molecule has 14 heavy (non-hydrogen) atoms. The summed E-state index contributed by atoms with van der Waals surface area (Å²) in [5, 5.41) is 0. The molecule has 0 amide bonds. The van der Waals surface area contributed by atoms with Gasteiger partial charge in [-0.2, -0.15) is 0 Å². The number of carbonyl (C=O) groups is 1. The zero-order valence-electron chi connectivity index (χ0n) is 9.67. The highest BCUT2D eigenvalue weighted by molar-refractivity contribution is 6.73. The van der Waals surface area contributed by atoms with Crippen LogP contribution in [0.25, 0.3) is 0 Å². The summed E-state index contributed by atoms with van der Waals surface area (Å²) in [4.78, 5) is 11.3. The lowest BCUT2D eigenvalue weighted by molar-refractivity contribution is -0.153. The zero-order chi connectivity index (χ0) is 10.8. The second-order valence-corrected chi connectivity index (χ2v) is 10.0. The summed E-state index contributed by atoms with van der Waals surface area (Å²) in [6, 6.07) is 0. The predicted octanol–water partition coefficient (Wildman–Crippen LogP) is 2.20. The highest BCUT2D eigenvalue weighted by Crippen LogP contribution is 2.20. The van der Waals surface area contributed by atoms with Gasteiger partial charge in [-0.25, -0.2) is 0 Å². The third-order valence-electron chi connectivity index (χ3n) is 2.84. The molecule has 82 valence electrons. The Morgan fingerprint density at radius 3 is 2.57 bits per heavy atom. The van der Waals surface area contributed by atoms with Gasteiger partial charge in [-0.3, -0.25) is 9.36 Å². The first kappa shape index (κ1) is 11.7. The molecule has 0 saturated carbocycles. The van der Waals surface area contributed by atoms with Crippen molar-refractivity contribution in [2.24, 2.45) is 0 Å². The fourth-order valence-electron chi connectivity index (χ4n) is 1.56. The Kier molecular flexibility index (Phi) is 3.72. The minimum Gasteiger partial charge on any atom is -0.447 e. The molecule has 0 bridgehead atoms. The standard InChI is InChI=1S/C10H21NO2Si/c1-11(14(2,3)4)9-7-5-6-8-10(12)13-9/h9H,5-8H2,1-4H3. The summed E-state index contributed by atoms with van der Waals surface area (Å²) in [5.74, 6) is -0.0300. The molecule has 1 saturated heterocycles. The summed E-state index contributed by atoms with van der Waals surface area (Å²) in [6.07, 6.45) is 3.69. The smallest absolute Gasteiger partial charge is 0.307 e. The van der Waals surface area contributed by atoms with Gasteiger partial charge in [0.1, 0.15) is 14.5 Å². The molecule has 0 aromatic heterocycles. The van der Waals surface area contributed by atoms with Crippen LogP contribution in [0.3, 0.4) is 0 Å². The lowest BCUT2D eigenvalue weighted by Crippen LogP contribution is -2.50. The van der Waals surface area contributed by atoms with Crippen LogP contribution in [-0.2, 0) is 9.53 Å². The van der Waals surface area contributed by atoms with E-state index in [4.69, 9.17) is 4.74 Å². The molecule has 0 aliphatic carbocycles. The van der Waals surface area contributed by atoms with E-state index >= 15 is 0 Å². The topological polar surface area (TPSA) is 29.5 Å². The summed E-state index contributed by atoms with van der Waals surface area (Å²) < 4.78 is 7.70. The van der Waals surface area contributed by atoms with Crippen molar-refractivity contribution in [1.82, 2.24) is 4.57 Å². The first-order valence-corrected chi connectivity index (χ1v) is 8.78. The maximum atomic E-state index is 11.3.